The average Bonchev–Trinajstić information content (AvgIpc) is 3.75. The molecule has 14 heteroatoms. The van der Waals surface area contributed by atoms with Crippen molar-refractivity contribution in [3.63, 3.8) is 0 Å². The standard InChI is InChI=1S/C61H62O14/c1-6-10-33-60(9-4,75-59(69)49-20-12-11-19-48(49)56(64)65)42(36-72-54(62)7-2)35-70-43-28-24-40(25-29-43)61(52-21-15-13-17-46(52)47-18-14-16-22-53(47)61)41-26-30-44(31-27-41)71-37-45(38-73-55(63)8-3)74-58(68)50-32-23-39(5)34-51(50)57(66)67/h7-8,11-18,21-32,34,42,45,48-49H,2-3,6,9-10,19-20,33,35-38H2,1,4-5H3,(H,64,65)(H,66,67). The van der Waals surface area contributed by atoms with E-state index in [1.54, 1.807) is 37.3 Å². The first-order chi connectivity index (χ1) is 36.2. The zero-order valence-electron chi connectivity index (χ0n) is 42.4. The summed E-state index contributed by atoms with van der Waals surface area (Å²) in [7, 11) is 0. The number of rotatable bonds is 25. The minimum Gasteiger partial charge on any atom is -0.493 e. The normalized spacial score (nSPS) is 16.6. The molecule has 0 heterocycles. The molecule has 2 N–H and O–H groups in total. The summed E-state index contributed by atoms with van der Waals surface area (Å²) in [6.45, 7) is 11.8. The molecule has 5 aromatic rings. The number of hydrogen-bond donors (Lipinski definition) is 2. The second-order valence-electron chi connectivity index (χ2n) is 18.7. The highest BCUT2D eigenvalue weighted by atomic mass is 16.6. The molecule has 5 atom stereocenters. The predicted octanol–water partition coefficient (Wildman–Crippen LogP) is 10.7. The van der Waals surface area contributed by atoms with Crippen molar-refractivity contribution in [2.24, 2.45) is 17.8 Å². The molecule has 2 aliphatic rings. The third kappa shape index (κ3) is 12.1. The van der Waals surface area contributed by atoms with Crippen molar-refractivity contribution in [1.29, 1.82) is 0 Å². The highest BCUT2D eigenvalue weighted by Crippen LogP contribution is 2.56. The molecule has 0 spiro atoms. The van der Waals surface area contributed by atoms with E-state index in [0.29, 0.717) is 36.3 Å². The van der Waals surface area contributed by atoms with Crippen molar-refractivity contribution in [2.75, 3.05) is 26.4 Å². The molecule has 0 bridgehead atoms. The van der Waals surface area contributed by atoms with Crippen LogP contribution in [0.25, 0.3) is 11.1 Å². The molecule has 2 aliphatic carbocycles. The van der Waals surface area contributed by atoms with E-state index in [1.165, 1.54) is 12.1 Å². The number of aryl methyl sites for hydroxylation is 1. The van der Waals surface area contributed by atoms with Crippen LogP contribution in [0.2, 0.25) is 0 Å². The van der Waals surface area contributed by atoms with E-state index in [9.17, 15) is 39.0 Å². The topological polar surface area (TPSA) is 198 Å². The Morgan fingerprint density at radius 3 is 1.76 bits per heavy atom. The van der Waals surface area contributed by atoms with Crippen molar-refractivity contribution in [1.82, 2.24) is 0 Å². The molecule has 0 fully saturated rings. The van der Waals surface area contributed by atoms with E-state index in [-0.39, 0.29) is 50.4 Å². The second kappa shape index (κ2) is 24.6. The van der Waals surface area contributed by atoms with Gasteiger partial charge >= 0.3 is 35.8 Å². The number of carboxylic acids is 2. The van der Waals surface area contributed by atoms with E-state index >= 15 is 0 Å². The minimum absolute atomic E-state index is 0.00806. The summed E-state index contributed by atoms with van der Waals surface area (Å²) in [5, 5.41) is 19.8. The number of carboxylic acid groups (broad SMARTS) is 2. The first-order valence-electron chi connectivity index (χ1n) is 25.1. The summed E-state index contributed by atoms with van der Waals surface area (Å²) in [4.78, 5) is 76.2. The number of esters is 4. The highest BCUT2D eigenvalue weighted by Gasteiger charge is 2.47. The molecule has 0 aromatic heterocycles. The van der Waals surface area contributed by atoms with Crippen LogP contribution in [-0.2, 0) is 43.5 Å². The van der Waals surface area contributed by atoms with Gasteiger partial charge in [-0.05, 0) is 109 Å². The zero-order chi connectivity index (χ0) is 53.7. The number of unbranched alkanes of at least 4 members (excludes halogenated alkanes) is 1. The van der Waals surface area contributed by atoms with Gasteiger partial charge in [0.15, 0.2) is 6.10 Å². The molecule has 0 aliphatic heterocycles. The highest BCUT2D eigenvalue weighted by molar-refractivity contribution is 6.02. The molecule has 75 heavy (non-hydrogen) atoms. The largest absolute Gasteiger partial charge is 0.493 e. The lowest BCUT2D eigenvalue weighted by Crippen LogP contribution is -2.49. The summed E-state index contributed by atoms with van der Waals surface area (Å²) in [5.41, 5.74) is 4.25. The van der Waals surface area contributed by atoms with Crippen LogP contribution in [0.15, 0.2) is 153 Å². The summed E-state index contributed by atoms with van der Waals surface area (Å²) in [6, 6.07) is 36.0. The second-order valence-corrected chi connectivity index (χ2v) is 18.7. The third-order valence-electron chi connectivity index (χ3n) is 14.1. The summed E-state index contributed by atoms with van der Waals surface area (Å²) in [5.74, 6) is -6.83. The fraction of sp³-hybridized carbons (Fsp3) is 0.311. The zero-order valence-corrected chi connectivity index (χ0v) is 42.4. The van der Waals surface area contributed by atoms with E-state index < -0.39 is 70.7 Å². The third-order valence-corrected chi connectivity index (χ3v) is 14.1. The van der Waals surface area contributed by atoms with Crippen molar-refractivity contribution >= 4 is 35.8 Å². The van der Waals surface area contributed by atoms with Crippen LogP contribution in [0.1, 0.15) is 101 Å². The molecule has 0 saturated heterocycles. The van der Waals surface area contributed by atoms with Crippen molar-refractivity contribution in [2.45, 2.75) is 76.4 Å². The number of benzene rings is 5. The lowest BCUT2D eigenvalue weighted by Gasteiger charge is -2.41. The van der Waals surface area contributed by atoms with E-state index in [4.69, 9.17) is 28.4 Å². The number of carbonyl (C=O) groups excluding carboxylic acids is 4. The quantitative estimate of drug-likeness (QED) is 0.0238. The fourth-order valence-corrected chi connectivity index (χ4v) is 10.2. The molecule has 5 unspecified atom stereocenters. The van der Waals surface area contributed by atoms with Crippen LogP contribution in [0.3, 0.4) is 0 Å². The molecule has 7 rings (SSSR count). The molecule has 0 amide bonds. The first-order valence-corrected chi connectivity index (χ1v) is 25.1. The van der Waals surface area contributed by atoms with Crippen molar-refractivity contribution in [3.8, 4) is 22.6 Å². The van der Waals surface area contributed by atoms with Crippen molar-refractivity contribution < 1.29 is 67.4 Å². The number of allylic oxidation sites excluding steroid dienone is 2. The van der Waals surface area contributed by atoms with Crippen LogP contribution < -0.4 is 9.47 Å². The molecular weight excluding hydrogens is 957 g/mol. The van der Waals surface area contributed by atoms with Crippen LogP contribution >= 0.6 is 0 Å². The van der Waals surface area contributed by atoms with Gasteiger partial charge in [0, 0.05) is 12.2 Å². The monoisotopic (exact) mass is 1020 g/mol. The Balaban J connectivity index is 1.18. The Labute approximate surface area is 436 Å². The minimum atomic E-state index is -1.30. The number of aromatic carboxylic acids is 1. The Kier molecular flexibility index (Phi) is 17.9. The molecule has 14 nitrogen and oxygen atoms in total. The van der Waals surface area contributed by atoms with Gasteiger partial charge in [-0.1, -0.05) is 130 Å². The Bertz CT molecular complexity index is 2890. The van der Waals surface area contributed by atoms with Crippen LogP contribution in [0.5, 0.6) is 11.5 Å². The molecular formula is C61H62O14. The Morgan fingerprint density at radius 2 is 1.23 bits per heavy atom. The van der Waals surface area contributed by atoms with Crippen LogP contribution in [-0.4, -0.2) is 84.2 Å². The Hall–Kier alpha value is -8.26. The van der Waals surface area contributed by atoms with Gasteiger partial charge in [-0.2, -0.15) is 0 Å². The molecule has 0 saturated carbocycles. The number of ether oxygens (including phenoxy) is 6. The Morgan fingerprint density at radius 1 is 0.680 bits per heavy atom. The van der Waals surface area contributed by atoms with Crippen molar-refractivity contribution in [3.05, 3.63) is 192 Å². The lowest BCUT2D eigenvalue weighted by atomic mass is 9.68. The lowest BCUT2D eigenvalue weighted by molar-refractivity contribution is -0.183. The molecule has 5 aromatic carbocycles. The van der Waals surface area contributed by atoms with E-state index in [2.05, 4.69) is 37.4 Å². The van der Waals surface area contributed by atoms with E-state index in [0.717, 1.165) is 52.0 Å². The van der Waals surface area contributed by atoms with Gasteiger partial charge in [0.1, 0.15) is 36.9 Å². The van der Waals surface area contributed by atoms with Gasteiger partial charge in [0.25, 0.3) is 0 Å². The summed E-state index contributed by atoms with van der Waals surface area (Å²) < 4.78 is 35.7. The maximum atomic E-state index is 14.0. The summed E-state index contributed by atoms with van der Waals surface area (Å²) in [6.07, 6.45) is 7.20. The summed E-state index contributed by atoms with van der Waals surface area (Å²) >= 11 is 0. The number of fused-ring (bicyclic) bond motifs is 3. The number of aliphatic carboxylic acids is 1. The van der Waals surface area contributed by atoms with Gasteiger partial charge in [-0.3, -0.25) is 9.59 Å². The number of hydrogen-bond acceptors (Lipinski definition) is 12. The fourth-order valence-electron chi connectivity index (χ4n) is 10.2. The molecule has 0 radical (unpaired) electrons. The van der Waals surface area contributed by atoms with Gasteiger partial charge in [-0.15, -0.1) is 0 Å². The average molecular weight is 1020 g/mol. The smallest absolute Gasteiger partial charge is 0.339 e. The van der Waals surface area contributed by atoms with Gasteiger partial charge in [0.05, 0.1) is 40.9 Å². The van der Waals surface area contributed by atoms with Crippen LogP contribution in [0, 0.1) is 24.7 Å². The maximum Gasteiger partial charge on any atom is 0.339 e. The van der Waals surface area contributed by atoms with Gasteiger partial charge in [-0.25, -0.2) is 19.2 Å². The first kappa shape index (κ1) is 54.5. The predicted molar refractivity (Wildman–Crippen MR) is 280 cm³/mol. The SMILES string of the molecule is C=CC(=O)OCC(COc1ccc(C2(c3ccc(OCC(COC(=O)C=C)C(CC)(CCCC)OC(=O)C4CC=CCC4C(=O)O)cc3)c3ccccc3-c3ccccc32)cc1)OC(=O)c1ccc(C)cc1C(=O)O. The van der Waals surface area contributed by atoms with E-state index in [1.807, 2.05) is 74.5 Å². The van der Waals surface area contributed by atoms with Crippen LogP contribution in [0.4, 0.5) is 0 Å². The molecule has 390 valence electrons. The number of carbonyl (C=O) groups is 6. The van der Waals surface area contributed by atoms with Gasteiger partial charge < -0.3 is 38.6 Å². The maximum absolute atomic E-state index is 14.0. The van der Waals surface area contributed by atoms with Gasteiger partial charge in [0.2, 0.25) is 0 Å².